The molecule has 2 aromatic heterocycles. The van der Waals surface area contributed by atoms with E-state index in [0.29, 0.717) is 15.6 Å². The predicted molar refractivity (Wildman–Crippen MR) is 67.3 cm³/mol. The molecule has 2 heterocycles. The fourth-order valence-corrected chi connectivity index (χ4v) is 2.20. The maximum atomic E-state index is 11.9. The number of nitrogens with one attached hydrogen (secondary N) is 2. The smallest absolute Gasteiger partial charge is 0.261 e. The molecule has 0 aromatic carbocycles. The lowest BCUT2D eigenvalue weighted by Crippen LogP contribution is -2.26. The number of carbonyl (C=O) groups is 2. The Balaban J connectivity index is 2.05. The number of hydrogen-bond acceptors (Lipinski definition) is 4. The van der Waals surface area contributed by atoms with Gasteiger partial charge in [-0.25, -0.2) is 4.98 Å². The van der Waals surface area contributed by atoms with Gasteiger partial charge in [-0.15, -0.1) is 11.3 Å². The zero-order chi connectivity index (χ0) is 13.1. The maximum absolute atomic E-state index is 11.9. The van der Waals surface area contributed by atoms with E-state index in [1.54, 1.807) is 24.5 Å². The standard InChI is InChI=1S/C11H12N4O2S/c1-6(10-13-4-5-14-10)15-11(17)8-3-2-7(18-8)9(12)16/h2-6H,1H3,(H2,12,16)(H,13,14)(H,15,17)/t6-/m1/s1. The summed E-state index contributed by atoms with van der Waals surface area (Å²) >= 11 is 1.07. The molecule has 0 saturated carbocycles. The van der Waals surface area contributed by atoms with Crippen LogP contribution < -0.4 is 11.1 Å². The first-order valence-electron chi connectivity index (χ1n) is 5.27. The highest BCUT2D eigenvalue weighted by atomic mass is 32.1. The number of nitrogens with zero attached hydrogens (tertiary/aromatic N) is 1. The van der Waals surface area contributed by atoms with Crippen molar-refractivity contribution < 1.29 is 9.59 Å². The summed E-state index contributed by atoms with van der Waals surface area (Å²) in [5.74, 6) is -0.107. The van der Waals surface area contributed by atoms with Gasteiger partial charge >= 0.3 is 0 Å². The highest BCUT2D eigenvalue weighted by Crippen LogP contribution is 2.17. The number of H-pyrrole nitrogens is 1. The van der Waals surface area contributed by atoms with Crippen molar-refractivity contribution >= 4 is 23.2 Å². The lowest BCUT2D eigenvalue weighted by molar-refractivity contribution is 0.0941. The summed E-state index contributed by atoms with van der Waals surface area (Å²) < 4.78 is 0. The summed E-state index contributed by atoms with van der Waals surface area (Å²) in [5, 5.41) is 2.78. The van der Waals surface area contributed by atoms with Crippen molar-refractivity contribution in [3.05, 3.63) is 40.1 Å². The van der Waals surface area contributed by atoms with Crippen LogP contribution in [0.4, 0.5) is 0 Å². The third kappa shape index (κ3) is 2.57. The van der Waals surface area contributed by atoms with Gasteiger partial charge in [0, 0.05) is 12.4 Å². The summed E-state index contributed by atoms with van der Waals surface area (Å²) in [4.78, 5) is 30.6. The zero-order valence-electron chi connectivity index (χ0n) is 9.64. The molecular formula is C11H12N4O2S. The molecule has 4 N–H and O–H groups in total. The van der Waals surface area contributed by atoms with Crippen LogP contribution in [-0.4, -0.2) is 21.8 Å². The molecule has 2 rings (SSSR count). The van der Waals surface area contributed by atoms with Gasteiger partial charge in [0.1, 0.15) is 5.82 Å². The van der Waals surface area contributed by atoms with Gasteiger partial charge in [-0.3, -0.25) is 9.59 Å². The Kier molecular flexibility index (Phi) is 3.42. The molecule has 2 aromatic rings. The van der Waals surface area contributed by atoms with E-state index in [1.807, 2.05) is 6.92 Å². The van der Waals surface area contributed by atoms with E-state index >= 15 is 0 Å². The molecule has 1 atom stereocenters. The summed E-state index contributed by atoms with van der Waals surface area (Å²) in [5.41, 5.74) is 5.13. The lowest BCUT2D eigenvalue weighted by Gasteiger charge is -2.10. The number of aromatic amines is 1. The number of imidazole rings is 1. The molecule has 18 heavy (non-hydrogen) atoms. The van der Waals surface area contributed by atoms with Crippen LogP contribution >= 0.6 is 11.3 Å². The van der Waals surface area contributed by atoms with Gasteiger partial charge in [-0.05, 0) is 19.1 Å². The van der Waals surface area contributed by atoms with Gasteiger partial charge in [0.15, 0.2) is 0 Å². The number of thiophene rings is 1. The monoisotopic (exact) mass is 264 g/mol. The molecule has 0 fully saturated rings. The van der Waals surface area contributed by atoms with E-state index < -0.39 is 5.91 Å². The number of aromatic nitrogens is 2. The second kappa shape index (κ2) is 5.01. The number of hydrogen-bond donors (Lipinski definition) is 3. The maximum Gasteiger partial charge on any atom is 0.261 e. The van der Waals surface area contributed by atoms with E-state index in [9.17, 15) is 9.59 Å². The fraction of sp³-hybridized carbons (Fsp3) is 0.182. The van der Waals surface area contributed by atoms with Crippen LogP contribution in [0.15, 0.2) is 24.5 Å². The third-order valence-corrected chi connectivity index (χ3v) is 3.45. The van der Waals surface area contributed by atoms with Crippen LogP contribution in [0.5, 0.6) is 0 Å². The highest BCUT2D eigenvalue weighted by molar-refractivity contribution is 7.15. The number of primary amides is 1. The Bertz CT molecular complexity index is 561. The third-order valence-electron chi connectivity index (χ3n) is 2.35. The quantitative estimate of drug-likeness (QED) is 0.769. The molecule has 6 nitrogen and oxygen atoms in total. The van der Waals surface area contributed by atoms with Gasteiger partial charge in [-0.2, -0.15) is 0 Å². The first-order valence-corrected chi connectivity index (χ1v) is 6.09. The van der Waals surface area contributed by atoms with Crippen molar-refractivity contribution in [3.8, 4) is 0 Å². The van der Waals surface area contributed by atoms with E-state index in [0.717, 1.165) is 11.3 Å². The SMILES string of the molecule is C[C@@H](NC(=O)c1ccc(C(N)=O)s1)c1ncc[nH]1. The zero-order valence-corrected chi connectivity index (χ0v) is 10.5. The van der Waals surface area contributed by atoms with Gasteiger partial charge in [0.25, 0.3) is 11.8 Å². The molecule has 0 bridgehead atoms. The summed E-state index contributed by atoms with van der Waals surface area (Å²) in [6, 6.07) is 2.89. The second-order valence-corrected chi connectivity index (χ2v) is 4.78. The fourth-order valence-electron chi connectivity index (χ4n) is 1.44. The largest absolute Gasteiger partial charge is 0.365 e. The minimum absolute atomic E-state index is 0.230. The Morgan fingerprint density at radius 1 is 1.44 bits per heavy atom. The Hall–Kier alpha value is -2.15. The first-order chi connectivity index (χ1) is 8.58. The van der Waals surface area contributed by atoms with Crippen LogP contribution in [-0.2, 0) is 0 Å². The number of amides is 2. The minimum atomic E-state index is -0.530. The van der Waals surface area contributed by atoms with Crippen molar-refractivity contribution in [1.29, 1.82) is 0 Å². The molecule has 0 aliphatic heterocycles. The van der Waals surface area contributed by atoms with Crippen LogP contribution in [0.25, 0.3) is 0 Å². The molecule has 2 amide bonds. The van der Waals surface area contributed by atoms with Crippen LogP contribution in [0.3, 0.4) is 0 Å². The van der Waals surface area contributed by atoms with E-state index in [-0.39, 0.29) is 11.9 Å². The van der Waals surface area contributed by atoms with E-state index in [2.05, 4.69) is 15.3 Å². The first kappa shape index (κ1) is 12.3. The molecule has 0 aliphatic rings. The molecule has 0 spiro atoms. The van der Waals surface area contributed by atoms with Crippen LogP contribution in [0.1, 0.15) is 38.1 Å². The number of rotatable bonds is 4. The predicted octanol–water partition coefficient (Wildman–Crippen LogP) is 1.06. The molecule has 7 heteroatoms. The van der Waals surface area contributed by atoms with E-state index in [4.69, 9.17) is 5.73 Å². The Morgan fingerprint density at radius 3 is 2.72 bits per heavy atom. The Labute approximate surface area is 107 Å². The summed E-state index contributed by atoms with van der Waals surface area (Å²) in [7, 11) is 0. The number of carbonyl (C=O) groups excluding carboxylic acids is 2. The second-order valence-electron chi connectivity index (χ2n) is 3.70. The summed E-state index contributed by atoms with van der Waals surface area (Å²) in [6.07, 6.45) is 3.31. The summed E-state index contributed by atoms with van der Waals surface area (Å²) in [6.45, 7) is 1.82. The van der Waals surface area contributed by atoms with Gasteiger partial charge in [0.05, 0.1) is 15.8 Å². The molecule has 0 unspecified atom stereocenters. The molecule has 0 radical (unpaired) electrons. The number of nitrogens with two attached hydrogens (primary N) is 1. The average molecular weight is 264 g/mol. The van der Waals surface area contributed by atoms with Crippen molar-refractivity contribution in [2.45, 2.75) is 13.0 Å². The normalized spacial score (nSPS) is 12.1. The van der Waals surface area contributed by atoms with Crippen molar-refractivity contribution in [2.75, 3.05) is 0 Å². The van der Waals surface area contributed by atoms with Crippen LogP contribution in [0.2, 0.25) is 0 Å². The highest BCUT2D eigenvalue weighted by Gasteiger charge is 2.15. The topological polar surface area (TPSA) is 101 Å². The Morgan fingerprint density at radius 2 is 2.17 bits per heavy atom. The molecule has 0 saturated heterocycles. The minimum Gasteiger partial charge on any atom is -0.365 e. The van der Waals surface area contributed by atoms with Crippen molar-refractivity contribution in [3.63, 3.8) is 0 Å². The van der Waals surface area contributed by atoms with Gasteiger partial charge < -0.3 is 16.0 Å². The molecule has 0 aliphatic carbocycles. The van der Waals surface area contributed by atoms with Crippen molar-refractivity contribution in [1.82, 2.24) is 15.3 Å². The molecule has 94 valence electrons. The van der Waals surface area contributed by atoms with Crippen LogP contribution in [0, 0.1) is 0 Å². The lowest BCUT2D eigenvalue weighted by atomic mass is 10.3. The van der Waals surface area contributed by atoms with Crippen molar-refractivity contribution in [2.24, 2.45) is 5.73 Å². The van der Waals surface area contributed by atoms with E-state index in [1.165, 1.54) is 0 Å². The average Bonchev–Trinajstić information content (AvgIpc) is 3.00. The van der Waals surface area contributed by atoms with Gasteiger partial charge in [0.2, 0.25) is 0 Å². The van der Waals surface area contributed by atoms with Gasteiger partial charge in [-0.1, -0.05) is 0 Å². The molecular weight excluding hydrogens is 252 g/mol.